The van der Waals surface area contributed by atoms with Crippen molar-refractivity contribution in [3.63, 3.8) is 0 Å². The molecular formula is C12H20N2O2. The summed E-state index contributed by atoms with van der Waals surface area (Å²) in [5, 5.41) is 10.5. The molecule has 1 N–H and O–H groups in total. The second-order valence-corrected chi connectivity index (χ2v) is 4.81. The average molecular weight is 224 g/mol. The van der Waals surface area contributed by atoms with Gasteiger partial charge in [0, 0.05) is 39.4 Å². The Balaban J connectivity index is 2.05. The molecule has 2 rings (SSSR count). The molecule has 1 saturated carbocycles. The van der Waals surface area contributed by atoms with Crippen LogP contribution in [0.15, 0.2) is 12.4 Å². The van der Waals surface area contributed by atoms with Gasteiger partial charge in [-0.3, -0.25) is 0 Å². The summed E-state index contributed by atoms with van der Waals surface area (Å²) < 4.78 is 7.32. The molecule has 0 aromatic carbocycles. The lowest BCUT2D eigenvalue weighted by atomic mass is 9.80. The maximum atomic E-state index is 10.5. The van der Waals surface area contributed by atoms with Crippen LogP contribution in [0.25, 0.3) is 0 Å². The molecule has 1 aliphatic carbocycles. The summed E-state index contributed by atoms with van der Waals surface area (Å²) in [7, 11) is 3.68. The van der Waals surface area contributed by atoms with Crippen molar-refractivity contribution < 1.29 is 9.84 Å². The molecule has 1 aliphatic rings. The molecule has 2 atom stereocenters. The minimum atomic E-state index is -0.641. The van der Waals surface area contributed by atoms with Crippen molar-refractivity contribution in [2.75, 3.05) is 7.11 Å². The Labute approximate surface area is 96.3 Å². The lowest BCUT2D eigenvalue weighted by Crippen LogP contribution is -2.40. The normalized spacial score (nSPS) is 30.6. The average Bonchev–Trinajstić information content (AvgIpc) is 2.64. The van der Waals surface area contributed by atoms with Gasteiger partial charge in [-0.05, 0) is 19.3 Å². The minimum absolute atomic E-state index is 0.194. The third-order valence-electron chi connectivity index (χ3n) is 3.52. The summed E-state index contributed by atoms with van der Waals surface area (Å²) in [6.07, 6.45) is 8.15. The largest absolute Gasteiger partial charge is 0.389 e. The lowest BCUT2D eigenvalue weighted by molar-refractivity contribution is -0.0594. The zero-order chi connectivity index (χ0) is 11.6. The van der Waals surface area contributed by atoms with Crippen LogP contribution < -0.4 is 0 Å². The molecule has 16 heavy (non-hydrogen) atoms. The fourth-order valence-electron chi connectivity index (χ4n) is 2.51. The van der Waals surface area contributed by atoms with Crippen LogP contribution in [0.5, 0.6) is 0 Å². The second-order valence-electron chi connectivity index (χ2n) is 4.81. The van der Waals surface area contributed by atoms with E-state index in [-0.39, 0.29) is 6.10 Å². The number of aryl methyl sites for hydroxylation is 1. The second kappa shape index (κ2) is 4.55. The zero-order valence-corrected chi connectivity index (χ0v) is 10.0. The summed E-state index contributed by atoms with van der Waals surface area (Å²) in [6.45, 7) is 0. The number of hydrogen-bond donors (Lipinski definition) is 1. The SMILES string of the molecule is COC1CCCC(O)(Cc2nccn2C)C1. The van der Waals surface area contributed by atoms with Gasteiger partial charge < -0.3 is 14.4 Å². The predicted octanol–water partition coefficient (Wildman–Crippen LogP) is 1.28. The van der Waals surface area contributed by atoms with Crippen LogP contribution in [-0.2, 0) is 18.2 Å². The van der Waals surface area contributed by atoms with Crippen molar-refractivity contribution >= 4 is 0 Å². The van der Waals surface area contributed by atoms with Gasteiger partial charge in [0.15, 0.2) is 0 Å². The van der Waals surface area contributed by atoms with Crippen LogP contribution in [0.4, 0.5) is 0 Å². The third-order valence-corrected chi connectivity index (χ3v) is 3.52. The van der Waals surface area contributed by atoms with Gasteiger partial charge in [0.25, 0.3) is 0 Å². The number of imidazole rings is 1. The van der Waals surface area contributed by atoms with Crippen LogP contribution in [0, 0.1) is 0 Å². The van der Waals surface area contributed by atoms with E-state index < -0.39 is 5.60 Å². The highest BCUT2D eigenvalue weighted by Gasteiger charge is 2.35. The van der Waals surface area contributed by atoms with E-state index in [4.69, 9.17) is 4.74 Å². The third kappa shape index (κ3) is 2.44. The van der Waals surface area contributed by atoms with Crippen molar-refractivity contribution in [2.45, 2.75) is 43.8 Å². The Hall–Kier alpha value is -0.870. The van der Waals surface area contributed by atoms with Crippen LogP contribution in [0.2, 0.25) is 0 Å². The molecule has 90 valence electrons. The Morgan fingerprint density at radius 1 is 1.69 bits per heavy atom. The van der Waals surface area contributed by atoms with Crippen LogP contribution in [0.1, 0.15) is 31.5 Å². The van der Waals surface area contributed by atoms with E-state index in [2.05, 4.69) is 4.98 Å². The summed E-state index contributed by atoms with van der Waals surface area (Å²) in [5.41, 5.74) is -0.641. The summed E-state index contributed by atoms with van der Waals surface area (Å²) in [6, 6.07) is 0. The highest BCUT2D eigenvalue weighted by Crippen LogP contribution is 2.32. The monoisotopic (exact) mass is 224 g/mol. The van der Waals surface area contributed by atoms with E-state index in [1.165, 1.54) is 0 Å². The standard InChI is InChI=1S/C12H20N2O2/c1-14-7-6-13-11(14)9-12(15)5-3-4-10(8-12)16-2/h6-7,10,15H,3-5,8-9H2,1-2H3. The molecule has 2 unspecified atom stereocenters. The number of methoxy groups -OCH3 is 1. The van der Waals surface area contributed by atoms with Gasteiger partial charge in [-0.25, -0.2) is 4.98 Å². The number of nitrogens with zero attached hydrogens (tertiary/aromatic N) is 2. The van der Waals surface area contributed by atoms with Gasteiger partial charge in [-0.1, -0.05) is 0 Å². The first kappa shape index (κ1) is 11.6. The smallest absolute Gasteiger partial charge is 0.111 e. The molecule has 0 aliphatic heterocycles. The molecule has 0 radical (unpaired) electrons. The van der Waals surface area contributed by atoms with Gasteiger partial charge in [-0.2, -0.15) is 0 Å². The Morgan fingerprint density at radius 3 is 3.12 bits per heavy atom. The van der Waals surface area contributed by atoms with E-state index in [9.17, 15) is 5.11 Å². The lowest BCUT2D eigenvalue weighted by Gasteiger charge is -2.36. The minimum Gasteiger partial charge on any atom is -0.389 e. The van der Waals surface area contributed by atoms with Gasteiger partial charge in [0.2, 0.25) is 0 Å². The van der Waals surface area contributed by atoms with Gasteiger partial charge >= 0.3 is 0 Å². The number of ether oxygens (including phenoxy) is 1. The molecule has 1 aromatic heterocycles. The summed E-state index contributed by atoms with van der Waals surface area (Å²) in [5.74, 6) is 0.944. The van der Waals surface area contributed by atoms with Gasteiger partial charge in [0.05, 0.1) is 11.7 Å². The number of aromatic nitrogens is 2. The van der Waals surface area contributed by atoms with Crippen molar-refractivity contribution in [1.82, 2.24) is 9.55 Å². The van der Waals surface area contributed by atoms with E-state index in [0.717, 1.165) is 31.5 Å². The first-order valence-corrected chi connectivity index (χ1v) is 5.84. The molecule has 1 aromatic rings. The Bertz CT molecular complexity index is 351. The topological polar surface area (TPSA) is 47.3 Å². The molecule has 0 bridgehead atoms. The van der Waals surface area contributed by atoms with Crippen molar-refractivity contribution in [3.05, 3.63) is 18.2 Å². The number of rotatable bonds is 3. The first-order valence-electron chi connectivity index (χ1n) is 5.84. The quantitative estimate of drug-likeness (QED) is 0.841. The molecule has 4 heteroatoms. The van der Waals surface area contributed by atoms with E-state index in [1.54, 1.807) is 13.3 Å². The molecule has 0 amide bonds. The highest BCUT2D eigenvalue weighted by atomic mass is 16.5. The zero-order valence-electron chi connectivity index (χ0n) is 10.0. The maximum Gasteiger partial charge on any atom is 0.111 e. The van der Waals surface area contributed by atoms with Crippen LogP contribution >= 0.6 is 0 Å². The maximum absolute atomic E-state index is 10.5. The van der Waals surface area contributed by atoms with Crippen molar-refractivity contribution in [3.8, 4) is 0 Å². The van der Waals surface area contributed by atoms with E-state index in [1.807, 2.05) is 17.8 Å². The van der Waals surface area contributed by atoms with E-state index in [0.29, 0.717) is 6.42 Å². The Morgan fingerprint density at radius 2 is 2.50 bits per heavy atom. The van der Waals surface area contributed by atoms with Crippen molar-refractivity contribution in [1.29, 1.82) is 0 Å². The number of aliphatic hydroxyl groups is 1. The number of hydrogen-bond acceptors (Lipinski definition) is 3. The molecule has 0 spiro atoms. The summed E-state index contributed by atoms with van der Waals surface area (Å²) >= 11 is 0. The van der Waals surface area contributed by atoms with Crippen molar-refractivity contribution in [2.24, 2.45) is 7.05 Å². The van der Waals surface area contributed by atoms with E-state index >= 15 is 0 Å². The molecular weight excluding hydrogens is 204 g/mol. The predicted molar refractivity (Wildman–Crippen MR) is 61.1 cm³/mol. The van der Waals surface area contributed by atoms with Crippen LogP contribution in [0.3, 0.4) is 0 Å². The van der Waals surface area contributed by atoms with Crippen LogP contribution in [-0.4, -0.2) is 33.5 Å². The summed E-state index contributed by atoms with van der Waals surface area (Å²) in [4.78, 5) is 4.27. The molecule has 0 saturated heterocycles. The molecule has 4 nitrogen and oxygen atoms in total. The van der Waals surface area contributed by atoms with Gasteiger partial charge in [-0.15, -0.1) is 0 Å². The molecule has 1 heterocycles. The molecule has 1 fully saturated rings. The highest BCUT2D eigenvalue weighted by molar-refractivity contribution is 5.00. The fraction of sp³-hybridized carbons (Fsp3) is 0.750. The fourth-order valence-corrected chi connectivity index (χ4v) is 2.51. The Kier molecular flexibility index (Phi) is 3.30. The first-order chi connectivity index (χ1) is 7.63. The van der Waals surface area contributed by atoms with Gasteiger partial charge in [0.1, 0.15) is 5.82 Å².